The number of nitrogens with one attached hydrogen (secondary N) is 2. The van der Waals surface area contributed by atoms with Gasteiger partial charge in [0.1, 0.15) is 0 Å². The van der Waals surface area contributed by atoms with Gasteiger partial charge in [0.05, 0.1) is 5.75 Å². The zero-order chi connectivity index (χ0) is 17.9. The maximum Gasteiger partial charge on any atom is 0.251 e. The van der Waals surface area contributed by atoms with Crippen molar-refractivity contribution in [1.82, 2.24) is 10.3 Å². The highest BCUT2D eigenvalue weighted by molar-refractivity contribution is 7.89. The first-order valence-corrected chi connectivity index (χ1v) is 10.1. The molecule has 0 aliphatic heterocycles. The van der Waals surface area contributed by atoms with Gasteiger partial charge in [-0.2, -0.15) is 0 Å². The fourth-order valence-electron chi connectivity index (χ4n) is 2.86. The molecule has 3 rings (SSSR count). The van der Waals surface area contributed by atoms with Crippen molar-refractivity contribution < 1.29 is 13.2 Å². The normalized spacial score (nSPS) is 11.6. The fourth-order valence-corrected chi connectivity index (χ4v) is 3.64. The topological polar surface area (TPSA) is 79.0 Å². The summed E-state index contributed by atoms with van der Waals surface area (Å²) in [5.74, 6) is -0.265. The van der Waals surface area contributed by atoms with Crippen LogP contribution in [0.1, 0.15) is 21.5 Å². The largest absolute Gasteiger partial charge is 0.361 e. The number of rotatable bonds is 6. The maximum atomic E-state index is 12.3. The molecular formula is C19H20N2O3S. The second kappa shape index (κ2) is 7.11. The van der Waals surface area contributed by atoms with E-state index in [1.165, 1.54) is 6.26 Å². The quantitative estimate of drug-likeness (QED) is 0.713. The van der Waals surface area contributed by atoms with Crippen molar-refractivity contribution in [3.05, 3.63) is 71.4 Å². The van der Waals surface area contributed by atoms with Crippen LogP contribution in [-0.2, 0) is 22.0 Å². The molecule has 6 heteroatoms. The summed E-state index contributed by atoms with van der Waals surface area (Å²) in [7, 11) is -3.12. The molecule has 0 atom stereocenters. The maximum absolute atomic E-state index is 12.3. The Morgan fingerprint density at radius 3 is 2.72 bits per heavy atom. The molecule has 2 aromatic carbocycles. The standard InChI is InChI=1S/C19H20N2O3S/c1-25(23,24)13-14-5-4-6-15(11-14)19(22)20-10-9-16-12-21-18-8-3-2-7-17(16)18/h2-8,11-12,21H,9-10,13H2,1H3,(H,20,22). The Morgan fingerprint density at radius 1 is 1.12 bits per heavy atom. The molecule has 0 radical (unpaired) electrons. The summed E-state index contributed by atoms with van der Waals surface area (Å²) >= 11 is 0. The average Bonchev–Trinajstić information content (AvgIpc) is 2.97. The smallest absolute Gasteiger partial charge is 0.251 e. The Morgan fingerprint density at radius 2 is 1.92 bits per heavy atom. The van der Waals surface area contributed by atoms with E-state index in [0.29, 0.717) is 17.7 Å². The van der Waals surface area contributed by atoms with Crippen LogP contribution in [0.2, 0.25) is 0 Å². The number of H-pyrrole nitrogens is 1. The number of hydrogen-bond acceptors (Lipinski definition) is 3. The lowest BCUT2D eigenvalue weighted by Gasteiger charge is -2.07. The molecule has 1 amide bonds. The van der Waals surface area contributed by atoms with E-state index in [9.17, 15) is 13.2 Å². The van der Waals surface area contributed by atoms with Gasteiger partial charge < -0.3 is 10.3 Å². The van der Waals surface area contributed by atoms with Crippen molar-refractivity contribution in [3.8, 4) is 0 Å². The first kappa shape index (κ1) is 17.2. The van der Waals surface area contributed by atoms with Crippen LogP contribution in [-0.4, -0.2) is 32.1 Å². The number of carbonyl (C=O) groups excluding carboxylic acids is 1. The van der Waals surface area contributed by atoms with E-state index in [1.54, 1.807) is 24.3 Å². The van der Waals surface area contributed by atoms with Crippen molar-refractivity contribution in [3.63, 3.8) is 0 Å². The van der Waals surface area contributed by atoms with Crippen LogP contribution in [0.5, 0.6) is 0 Å². The third-order valence-electron chi connectivity index (χ3n) is 3.97. The molecule has 0 fully saturated rings. The molecule has 1 aromatic heterocycles. The van der Waals surface area contributed by atoms with E-state index >= 15 is 0 Å². The number of sulfone groups is 1. The minimum atomic E-state index is -3.12. The van der Waals surface area contributed by atoms with Crippen LogP contribution < -0.4 is 5.32 Å². The molecule has 0 unspecified atom stereocenters. The van der Waals surface area contributed by atoms with Crippen molar-refractivity contribution in [1.29, 1.82) is 0 Å². The number of aromatic amines is 1. The van der Waals surface area contributed by atoms with Crippen molar-refractivity contribution in [2.24, 2.45) is 0 Å². The van der Waals surface area contributed by atoms with Gasteiger partial charge in [-0.15, -0.1) is 0 Å². The molecule has 0 aliphatic carbocycles. The predicted octanol–water partition coefficient (Wildman–Crippen LogP) is 2.69. The Hall–Kier alpha value is -2.60. The lowest BCUT2D eigenvalue weighted by molar-refractivity contribution is 0.0954. The highest BCUT2D eigenvalue weighted by Crippen LogP contribution is 2.17. The molecule has 2 N–H and O–H groups in total. The first-order chi connectivity index (χ1) is 11.9. The number of amides is 1. The van der Waals surface area contributed by atoms with Crippen LogP contribution in [0.25, 0.3) is 10.9 Å². The van der Waals surface area contributed by atoms with Gasteiger partial charge in [0.25, 0.3) is 5.91 Å². The number of hydrogen-bond donors (Lipinski definition) is 2. The summed E-state index contributed by atoms with van der Waals surface area (Å²) in [6, 6.07) is 14.8. The summed E-state index contributed by atoms with van der Waals surface area (Å²) in [5, 5.41) is 4.05. The van der Waals surface area contributed by atoms with E-state index in [-0.39, 0.29) is 11.7 Å². The van der Waals surface area contributed by atoms with Gasteiger partial charge in [0.15, 0.2) is 9.84 Å². The van der Waals surface area contributed by atoms with Crippen LogP contribution in [0.15, 0.2) is 54.7 Å². The molecular weight excluding hydrogens is 336 g/mol. The Balaban J connectivity index is 1.62. The van der Waals surface area contributed by atoms with Gasteiger partial charge >= 0.3 is 0 Å². The van der Waals surface area contributed by atoms with Crippen LogP contribution in [0.3, 0.4) is 0 Å². The monoisotopic (exact) mass is 356 g/mol. The Bertz CT molecular complexity index is 1010. The molecule has 0 spiro atoms. The lowest BCUT2D eigenvalue weighted by Crippen LogP contribution is -2.25. The lowest BCUT2D eigenvalue weighted by atomic mass is 10.1. The van der Waals surface area contributed by atoms with Gasteiger partial charge in [-0.25, -0.2) is 8.42 Å². The van der Waals surface area contributed by atoms with E-state index in [1.807, 2.05) is 24.4 Å². The van der Waals surface area contributed by atoms with Gasteiger partial charge in [-0.1, -0.05) is 30.3 Å². The zero-order valence-electron chi connectivity index (χ0n) is 14.0. The highest BCUT2D eigenvalue weighted by Gasteiger charge is 2.10. The number of benzene rings is 2. The first-order valence-electron chi connectivity index (χ1n) is 8.02. The summed E-state index contributed by atoms with van der Waals surface area (Å²) in [4.78, 5) is 15.5. The second-order valence-electron chi connectivity index (χ2n) is 6.14. The van der Waals surface area contributed by atoms with Gasteiger partial charge in [-0.3, -0.25) is 4.79 Å². The van der Waals surface area contributed by atoms with E-state index < -0.39 is 9.84 Å². The number of aromatic nitrogens is 1. The second-order valence-corrected chi connectivity index (χ2v) is 8.28. The molecule has 25 heavy (non-hydrogen) atoms. The molecule has 130 valence electrons. The summed E-state index contributed by atoms with van der Waals surface area (Å²) in [5.41, 5.74) is 3.32. The number of fused-ring (bicyclic) bond motifs is 1. The van der Waals surface area contributed by atoms with Gasteiger partial charge in [0.2, 0.25) is 0 Å². The number of carbonyl (C=O) groups is 1. The average molecular weight is 356 g/mol. The fraction of sp³-hybridized carbons (Fsp3) is 0.211. The summed E-state index contributed by atoms with van der Waals surface area (Å²) in [6.07, 6.45) is 3.86. The third kappa shape index (κ3) is 4.48. The van der Waals surface area contributed by atoms with Crippen LogP contribution in [0, 0.1) is 0 Å². The Kier molecular flexibility index (Phi) is 4.90. The van der Waals surface area contributed by atoms with Crippen LogP contribution in [0.4, 0.5) is 0 Å². The van der Waals surface area contributed by atoms with Gasteiger partial charge in [0, 0.05) is 35.5 Å². The van der Waals surface area contributed by atoms with Gasteiger partial charge in [-0.05, 0) is 35.7 Å². The molecule has 0 aliphatic rings. The predicted molar refractivity (Wildman–Crippen MR) is 99.3 cm³/mol. The summed E-state index contributed by atoms with van der Waals surface area (Å²) < 4.78 is 22.8. The Labute approximate surface area is 147 Å². The van der Waals surface area contributed by atoms with E-state index in [2.05, 4.69) is 16.4 Å². The molecule has 1 heterocycles. The molecule has 5 nitrogen and oxygen atoms in total. The third-order valence-corrected chi connectivity index (χ3v) is 4.83. The van der Waals surface area contributed by atoms with E-state index in [0.717, 1.165) is 22.9 Å². The van der Waals surface area contributed by atoms with Crippen molar-refractivity contribution in [2.45, 2.75) is 12.2 Å². The van der Waals surface area contributed by atoms with Crippen molar-refractivity contribution in [2.75, 3.05) is 12.8 Å². The molecule has 0 bridgehead atoms. The minimum absolute atomic E-state index is 0.0660. The van der Waals surface area contributed by atoms with Crippen molar-refractivity contribution >= 4 is 26.6 Å². The van der Waals surface area contributed by atoms with E-state index in [4.69, 9.17) is 0 Å². The molecule has 0 saturated heterocycles. The molecule has 0 saturated carbocycles. The SMILES string of the molecule is CS(=O)(=O)Cc1cccc(C(=O)NCCc2c[nH]c3ccccc23)c1. The number of para-hydroxylation sites is 1. The van der Waals surface area contributed by atoms with Crippen LogP contribution >= 0.6 is 0 Å². The minimum Gasteiger partial charge on any atom is -0.361 e. The highest BCUT2D eigenvalue weighted by atomic mass is 32.2. The summed E-state index contributed by atoms with van der Waals surface area (Å²) in [6.45, 7) is 0.511. The zero-order valence-corrected chi connectivity index (χ0v) is 14.8. The molecule has 3 aromatic rings.